The molecule has 0 aliphatic heterocycles. The first-order chi connectivity index (χ1) is 11.0. The molecule has 1 aromatic carbocycles. The quantitative estimate of drug-likeness (QED) is 0.456. The van der Waals surface area contributed by atoms with Gasteiger partial charge < -0.3 is 15.4 Å². The van der Waals surface area contributed by atoms with Gasteiger partial charge in [0.1, 0.15) is 6.04 Å². The minimum atomic E-state index is -0.740. The van der Waals surface area contributed by atoms with Crippen LogP contribution in [-0.2, 0) is 14.3 Å². The van der Waals surface area contributed by atoms with Crippen molar-refractivity contribution >= 4 is 23.5 Å². The number of unbranched alkanes of at least 4 members (excludes halogenated alkanes) is 1. The number of terminal acetylenes is 1. The number of methoxy groups -OCH3 is 1. The Bertz CT molecular complexity index is 602. The predicted molar refractivity (Wildman–Crippen MR) is 86.7 cm³/mol. The Hall–Kier alpha value is -2.81. The van der Waals surface area contributed by atoms with Crippen molar-refractivity contribution in [1.29, 1.82) is 0 Å². The van der Waals surface area contributed by atoms with E-state index in [1.54, 1.807) is 24.3 Å². The summed E-state index contributed by atoms with van der Waals surface area (Å²) in [6, 6.07) is 5.62. The fourth-order valence-electron chi connectivity index (χ4n) is 1.95. The Kier molecular flexibility index (Phi) is 7.34. The number of ether oxygens (including phenoxy) is 1. The molecule has 0 spiro atoms. The molecular formula is C17H20N2O4. The lowest BCUT2D eigenvalue weighted by atomic mass is 10.1. The lowest BCUT2D eigenvalue weighted by molar-refractivity contribution is -0.143. The van der Waals surface area contributed by atoms with Gasteiger partial charge in [0.2, 0.25) is 5.91 Å². The number of carbonyl (C=O) groups is 3. The van der Waals surface area contributed by atoms with E-state index in [0.717, 1.165) is 0 Å². The Morgan fingerprint density at radius 2 is 1.91 bits per heavy atom. The summed E-state index contributed by atoms with van der Waals surface area (Å²) in [5.41, 5.74) is 0.970. The van der Waals surface area contributed by atoms with E-state index in [9.17, 15) is 14.4 Å². The van der Waals surface area contributed by atoms with Gasteiger partial charge in [0.05, 0.1) is 7.11 Å². The molecule has 1 aromatic rings. The van der Waals surface area contributed by atoms with Gasteiger partial charge in [-0.2, -0.15) is 0 Å². The van der Waals surface area contributed by atoms with E-state index in [0.29, 0.717) is 30.5 Å². The average Bonchev–Trinajstić information content (AvgIpc) is 2.53. The molecule has 0 unspecified atom stereocenters. The molecule has 1 atom stereocenters. The summed E-state index contributed by atoms with van der Waals surface area (Å²) in [7, 11) is 1.27. The summed E-state index contributed by atoms with van der Waals surface area (Å²) < 4.78 is 4.69. The molecule has 0 aromatic heterocycles. The molecule has 0 saturated carbocycles. The molecule has 0 bridgehead atoms. The fraction of sp³-hybridized carbons (Fsp3) is 0.353. The molecule has 2 amide bonds. The molecule has 23 heavy (non-hydrogen) atoms. The van der Waals surface area contributed by atoms with Gasteiger partial charge in [-0.1, -0.05) is 0 Å². The molecule has 0 fully saturated rings. The molecule has 6 heteroatoms. The number of hydrogen-bond acceptors (Lipinski definition) is 4. The number of rotatable bonds is 7. The van der Waals surface area contributed by atoms with Crippen molar-refractivity contribution in [3.63, 3.8) is 0 Å². The fourth-order valence-corrected chi connectivity index (χ4v) is 1.95. The molecule has 1 rings (SSSR count). The van der Waals surface area contributed by atoms with Crippen LogP contribution in [0.4, 0.5) is 5.69 Å². The summed E-state index contributed by atoms with van der Waals surface area (Å²) >= 11 is 0. The number of carbonyl (C=O) groups excluding carboxylic acids is 3. The number of benzene rings is 1. The first-order valence-corrected chi connectivity index (χ1v) is 7.17. The van der Waals surface area contributed by atoms with Crippen LogP contribution < -0.4 is 10.6 Å². The topological polar surface area (TPSA) is 84.5 Å². The van der Waals surface area contributed by atoms with Crippen LogP contribution in [0.25, 0.3) is 0 Å². The molecule has 0 radical (unpaired) electrons. The second-order valence-corrected chi connectivity index (χ2v) is 4.90. The lowest BCUT2D eigenvalue weighted by Gasteiger charge is -2.16. The molecule has 0 aliphatic carbocycles. The highest BCUT2D eigenvalue weighted by Crippen LogP contribution is 2.10. The monoisotopic (exact) mass is 316 g/mol. The zero-order valence-electron chi connectivity index (χ0n) is 13.2. The average molecular weight is 316 g/mol. The lowest BCUT2D eigenvalue weighted by Crippen LogP contribution is -2.41. The van der Waals surface area contributed by atoms with Gasteiger partial charge in [-0.15, -0.1) is 12.3 Å². The van der Waals surface area contributed by atoms with Crippen molar-refractivity contribution < 1.29 is 19.1 Å². The maximum Gasteiger partial charge on any atom is 0.328 e. The summed E-state index contributed by atoms with van der Waals surface area (Å²) in [6.45, 7) is 1.40. The zero-order valence-corrected chi connectivity index (χ0v) is 13.2. The van der Waals surface area contributed by atoms with Crippen molar-refractivity contribution in [3.05, 3.63) is 29.8 Å². The predicted octanol–water partition coefficient (Wildman–Crippen LogP) is 1.72. The number of amides is 2. The third-order valence-corrected chi connectivity index (χ3v) is 3.07. The van der Waals surface area contributed by atoms with E-state index in [1.807, 2.05) is 0 Å². The van der Waals surface area contributed by atoms with E-state index in [1.165, 1.54) is 14.0 Å². The maximum absolute atomic E-state index is 12.2. The van der Waals surface area contributed by atoms with Gasteiger partial charge in [0.25, 0.3) is 5.91 Å². The summed E-state index contributed by atoms with van der Waals surface area (Å²) in [5, 5.41) is 5.24. The minimum absolute atomic E-state index is 0.193. The summed E-state index contributed by atoms with van der Waals surface area (Å²) in [6.07, 6.45) is 6.72. The SMILES string of the molecule is C#CCCC[C@H](NC(=O)c1ccc(NC(C)=O)cc1)C(=O)OC. The highest BCUT2D eigenvalue weighted by molar-refractivity contribution is 5.97. The van der Waals surface area contributed by atoms with Crippen molar-refractivity contribution in [2.24, 2.45) is 0 Å². The van der Waals surface area contributed by atoms with Crippen LogP contribution in [0.2, 0.25) is 0 Å². The van der Waals surface area contributed by atoms with E-state index in [4.69, 9.17) is 6.42 Å². The van der Waals surface area contributed by atoms with Crippen molar-refractivity contribution in [2.75, 3.05) is 12.4 Å². The normalized spacial score (nSPS) is 11.0. The van der Waals surface area contributed by atoms with E-state index >= 15 is 0 Å². The second-order valence-electron chi connectivity index (χ2n) is 4.90. The van der Waals surface area contributed by atoms with Crippen LogP contribution in [0.5, 0.6) is 0 Å². The van der Waals surface area contributed by atoms with Crippen LogP contribution in [0.1, 0.15) is 36.5 Å². The number of hydrogen-bond donors (Lipinski definition) is 2. The van der Waals surface area contributed by atoms with E-state index in [-0.39, 0.29) is 5.91 Å². The van der Waals surface area contributed by atoms with Gasteiger partial charge >= 0.3 is 5.97 Å². The zero-order chi connectivity index (χ0) is 17.2. The van der Waals surface area contributed by atoms with E-state index in [2.05, 4.69) is 21.3 Å². The molecule has 122 valence electrons. The third kappa shape index (κ3) is 6.22. The van der Waals surface area contributed by atoms with Gasteiger partial charge in [-0.05, 0) is 37.1 Å². The maximum atomic E-state index is 12.2. The molecule has 0 aliphatic rings. The van der Waals surface area contributed by atoms with Gasteiger partial charge in [0.15, 0.2) is 0 Å². The summed E-state index contributed by atoms with van der Waals surface area (Å²) in [5.74, 6) is 1.39. The van der Waals surface area contributed by atoms with Gasteiger partial charge in [0, 0.05) is 24.6 Å². The Morgan fingerprint density at radius 1 is 1.26 bits per heavy atom. The van der Waals surface area contributed by atoms with Crippen LogP contribution in [-0.4, -0.2) is 30.9 Å². The van der Waals surface area contributed by atoms with Gasteiger partial charge in [-0.3, -0.25) is 9.59 Å². The molecule has 2 N–H and O–H groups in total. The van der Waals surface area contributed by atoms with Crippen LogP contribution in [0.15, 0.2) is 24.3 Å². The van der Waals surface area contributed by atoms with Crippen molar-refractivity contribution in [3.8, 4) is 12.3 Å². The van der Waals surface area contributed by atoms with Gasteiger partial charge in [-0.25, -0.2) is 4.79 Å². The smallest absolute Gasteiger partial charge is 0.328 e. The first-order valence-electron chi connectivity index (χ1n) is 7.17. The standard InChI is InChI=1S/C17H20N2O4/c1-4-5-6-7-15(17(22)23-3)19-16(21)13-8-10-14(11-9-13)18-12(2)20/h1,8-11,15H,5-7H2,2-3H3,(H,18,20)(H,19,21)/t15-/m0/s1. The molecule has 0 saturated heterocycles. The molecule has 6 nitrogen and oxygen atoms in total. The summed E-state index contributed by atoms with van der Waals surface area (Å²) in [4.78, 5) is 34.9. The Morgan fingerprint density at radius 3 is 2.43 bits per heavy atom. The number of esters is 1. The number of anilines is 1. The highest BCUT2D eigenvalue weighted by atomic mass is 16.5. The van der Waals surface area contributed by atoms with Crippen LogP contribution in [0.3, 0.4) is 0 Å². The van der Waals surface area contributed by atoms with Crippen molar-refractivity contribution in [2.45, 2.75) is 32.2 Å². The van der Waals surface area contributed by atoms with Crippen LogP contribution >= 0.6 is 0 Å². The largest absolute Gasteiger partial charge is 0.467 e. The van der Waals surface area contributed by atoms with Crippen LogP contribution in [0, 0.1) is 12.3 Å². The van der Waals surface area contributed by atoms with E-state index < -0.39 is 17.9 Å². The Balaban J connectivity index is 2.71. The highest BCUT2D eigenvalue weighted by Gasteiger charge is 2.21. The molecule has 0 heterocycles. The third-order valence-electron chi connectivity index (χ3n) is 3.07. The van der Waals surface area contributed by atoms with Crippen molar-refractivity contribution in [1.82, 2.24) is 5.32 Å². The second kappa shape index (κ2) is 9.26. The minimum Gasteiger partial charge on any atom is -0.467 e. The molecular weight excluding hydrogens is 296 g/mol. The number of nitrogens with one attached hydrogen (secondary N) is 2. The first kappa shape index (κ1) is 18.2. The Labute approximate surface area is 135 Å².